The molecule has 0 aliphatic carbocycles. The summed E-state index contributed by atoms with van der Waals surface area (Å²) in [6.07, 6.45) is 1.49. The Kier molecular flexibility index (Phi) is 3.84. The van der Waals surface area contributed by atoms with Crippen LogP contribution in [0.5, 0.6) is 0 Å². The molecule has 3 aliphatic rings. The van der Waals surface area contributed by atoms with Crippen LogP contribution in [0.25, 0.3) is 0 Å². The van der Waals surface area contributed by atoms with Gasteiger partial charge in [-0.25, -0.2) is 0 Å². The van der Waals surface area contributed by atoms with E-state index < -0.39 is 16.1 Å². The minimum Gasteiger partial charge on any atom is -0.343 e. The number of amidine groups is 2. The lowest BCUT2D eigenvalue weighted by Crippen LogP contribution is -2.47. The van der Waals surface area contributed by atoms with E-state index in [0.717, 1.165) is 12.2 Å². The molecular formula is C15H16N4O3S2. The maximum atomic E-state index is 12.6. The Bertz CT molecular complexity index is 863. The first-order valence-corrected chi connectivity index (χ1v) is 10.2. The molecule has 0 aromatic heterocycles. The van der Waals surface area contributed by atoms with E-state index in [1.54, 1.807) is 29.2 Å². The van der Waals surface area contributed by atoms with Crippen molar-refractivity contribution in [3.8, 4) is 0 Å². The molecule has 4 rings (SSSR count). The van der Waals surface area contributed by atoms with Gasteiger partial charge in [-0.05, 0) is 25.0 Å². The second-order valence-corrected chi connectivity index (χ2v) is 8.42. The maximum Gasteiger partial charge on any atom is 0.285 e. The van der Waals surface area contributed by atoms with E-state index in [4.69, 9.17) is 0 Å². The first-order chi connectivity index (χ1) is 11.6. The third kappa shape index (κ3) is 2.61. The number of nitrogens with one attached hydrogen (secondary N) is 1. The van der Waals surface area contributed by atoms with Gasteiger partial charge in [0, 0.05) is 17.9 Å². The van der Waals surface area contributed by atoms with Gasteiger partial charge in [0.15, 0.2) is 11.0 Å². The fraction of sp³-hybridized carbons (Fsp3) is 0.400. The van der Waals surface area contributed by atoms with E-state index in [9.17, 15) is 13.2 Å². The molecular weight excluding hydrogens is 348 g/mol. The summed E-state index contributed by atoms with van der Waals surface area (Å²) in [7, 11) is -3.68. The Balaban J connectivity index is 1.63. The minimum absolute atomic E-state index is 0.148. The van der Waals surface area contributed by atoms with Gasteiger partial charge >= 0.3 is 0 Å². The van der Waals surface area contributed by atoms with Gasteiger partial charge in [0.2, 0.25) is 5.91 Å². The summed E-state index contributed by atoms with van der Waals surface area (Å²) in [6.45, 7) is 1.33. The standard InChI is InChI=1S/C15H16N4O3S2/c20-14(17-15-16-7-9-23-15)11-5-3-8-19(11)13-10-4-1-2-6-12(10)24(21,22)18-13/h1-2,4,6,11H,3,5,7-9H2,(H,16,17,20)/t11-/m0/s1. The van der Waals surface area contributed by atoms with Gasteiger partial charge in [-0.2, -0.15) is 8.42 Å². The summed E-state index contributed by atoms with van der Waals surface area (Å²) in [6, 6.07) is 6.33. The summed E-state index contributed by atoms with van der Waals surface area (Å²) in [4.78, 5) is 18.8. The number of thioether (sulfide) groups is 1. The molecule has 9 heteroatoms. The second-order valence-electron chi connectivity index (χ2n) is 5.76. The number of hydrogen-bond donors (Lipinski definition) is 1. The van der Waals surface area contributed by atoms with Gasteiger partial charge in [-0.3, -0.25) is 9.79 Å². The molecule has 0 unspecified atom stereocenters. The Morgan fingerprint density at radius 2 is 2.17 bits per heavy atom. The SMILES string of the molecule is O=C(NC1=NCCS1)[C@@H]1CCCN1C1=NS(=O)(=O)c2ccccc21. The van der Waals surface area contributed by atoms with Crippen molar-refractivity contribution in [3.63, 3.8) is 0 Å². The van der Waals surface area contributed by atoms with Crippen molar-refractivity contribution >= 4 is 38.7 Å². The number of carbonyl (C=O) groups is 1. The van der Waals surface area contributed by atoms with Crippen LogP contribution in [-0.2, 0) is 14.8 Å². The predicted octanol–water partition coefficient (Wildman–Crippen LogP) is 0.819. The molecule has 1 N–H and O–H groups in total. The van der Waals surface area contributed by atoms with Crippen molar-refractivity contribution in [2.75, 3.05) is 18.8 Å². The zero-order valence-corrected chi connectivity index (χ0v) is 14.4. The average Bonchev–Trinajstić information content (AvgIpc) is 3.27. The lowest BCUT2D eigenvalue weighted by molar-refractivity contribution is -0.122. The van der Waals surface area contributed by atoms with Crippen LogP contribution in [0.15, 0.2) is 38.6 Å². The van der Waals surface area contributed by atoms with Crippen molar-refractivity contribution in [2.24, 2.45) is 9.39 Å². The summed E-state index contributed by atoms with van der Waals surface area (Å²) >= 11 is 1.52. The number of carbonyl (C=O) groups excluding carboxylic acids is 1. The number of aliphatic imine (C=N–C) groups is 1. The highest BCUT2D eigenvalue weighted by atomic mass is 32.2. The maximum absolute atomic E-state index is 12.6. The fourth-order valence-corrected chi connectivity index (χ4v) is 5.14. The second kappa shape index (κ2) is 5.89. The molecule has 1 aromatic rings. The molecule has 1 fully saturated rings. The molecule has 1 aromatic carbocycles. The van der Waals surface area contributed by atoms with Crippen molar-refractivity contribution in [1.82, 2.24) is 10.2 Å². The van der Waals surface area contributed by atoms with Gasteiger partial charge < -0.3 is 10.2 Å². The van der Waals surface area contributed by atoms with E-state index in [1.165, 1.54) is 11.8 Å². The molecule has 1 saturated heterocycles. The van der Waals surface area contributed by atoms with Crippen molar-refractivity contribution in [3.05, 3.63) is 29.8 Å². The largest absolute Gasteiger partial charge is 0.343 e. The first kappa shape index (κ1) is 15.6. The molecule has 3 heterocycles. The van der Waals surface area contributed by atoms with Crippen LogP contribution in [0, 0.1) is 0 Å². The van der Waals surface area contributed by atoms with Crippen LogP contribution in [0.3, 0.4) is 0 Å². The Morgan fingerprint density at radius 3 is 2.96 bits per heavy atom. The van der Waals surface area contributed by atoms with Gasteiger partial charge in [-0.1, -0.05) is 23.9 Å². The number of sulfonamides is 1. The van der Waals surface area contributed by atoms with Crippen molar-refractivity contribution in [2.45, 2.75) is 23.8 Å². The van der Waals surface area contributed by atoms with E-state index in [1.807, 2.05) is 0 Å². The molecule has 7 nitrogen and oxygen atoms in total. The number of benzene rings is 1. The number of amides is 1. The molecule has 0 bridgehead atoms. The lowest BCUT2D eigenvalue weighted by atomic mass is 10.1. The summed E-state index contributed by atoms with van der Waals surface area (Å²) < 4.78 is 28.4. The fourth-order valence-electron chi connectivity index (χ4n) is 3.19. The van der Waals surface area contributed by atoms with Crippen LogP contribution in [-0.4, -0.2) is 55.1 Å². The van der Waals surface area contributed by atoms with E-state index >= 15 is 0 Å². The lowest BCUT2D eigenvalue weighted by Gasteiger charge is -2.25. The topological polar surface area (TPSA) is 91.2 Å². The summed E-state index contributed by atoms with van der Waals surface area (Å²) in [5.74, 6) is 1.11. The summed E-state index contributed by atoms with van der Waals surface area (Å²) in [5.41, 5.74) is 0.574. The van der Waals surface area contributed by atoms with Gasteiger partial charge in [0.25, 0.3) is 10.0 Å². The van der Waals surface area contributed by atoms with Gasteiger partial charge in [0.1, 0.15) is 10.9 Å². The smallest absolute Gasteiger partial charge is 0.285 e. The number of fused-ring (bicyclic) bond motifs is 1. The van der Waals surface area contributed by atoms with Crippen LogP contribution in [0.2, 0.25) is 0 Å². The Hall–Kier alpha value is -1.87. The average molecular weight is 364 g/mol. The Labute approximate surface area is 144 Å². The molecule has 0 radical (unpaired) electrons. The monoisotopic (exact) mass is 364 g/mol. The van der Waals surface area contributed by atoms with Gasteiger partial charge in [0.05, 0.1) is 6.54 Å². The van der Waals surface area contributed by atoms with Crippen LogP contribution >= 0.6 is 11.8 Å². The first-order valence-electron chi connectivity index (χ1n) is 7.75. The highest BCUT2D eigenvalue weighted by Gasteiger charge is 2.39. The van der Waals surface area contributed by atoms with Crippen molar-refractivity contribution in [1.29, 1.82) is 0 Å². The van der Waals surface area contributed by atoms with Crippen LogP contribution in [0.1, 0.15) is 18.4 Å². The minimum atomic E-state index is -3.68. The number of likely N-dealkylation sites (tertiary alicyclic amines) is 1. The summed E-state index contributed by atoms with van der Waals surface area (Å²) in [5, 5.41) is 3.49. The van der Waals surface area contributed by atoms with Gasteiger partial charge in [-0.15, -0.1) is 4.40 Å². The molecule has 0 spiro atoms. The number of hydrogen-bond acceptors (Lipinski definition) is 6. The van der Waals surface area contributed by atoms with E-state index in [-0.39, 0.29) is 10.8 Å². The molecule has 126 valence electrons. The Morgan fingerprint density at radius 1 is 1.33 bits per heavy atom. The van der Waals surface area contributed by atoms with Crippen molar-refractivity contribution < 1.29 is 13.2 Å². The third-order valence-electron chi connectivity index (χ3n) is 4.26. The van der Waals surface area contributed by atoms with E-state index in [0.29, 0.717) is 36.1 Å². The predicted molar refractivity (Wildman–Crippen MR) is 92.8 cm³/mol. The quantitative estimate of drug-likeness (QED) is 0.797. The van der Waals surface area contributed by atoms with Crippen LogP contribution in [0.4, 0.5) is 0 Å². The zero-order chi connectivity index (χ0) is 16.7. The highest BCUT2D eigenvalue weighted by Crippen LogP contribution is 2.31. The normalized spacial score (nSPS) is 24.5. The van der Waals surface area contributed by atoms with E-state index in [2.05, 4.69) is 14.7 Å². The number of rotatable bonds is 1. The van der Waals surface area contributed by atoms with Crippen LogP contribution < -0.4 is 5.32 Å². The molecule has 3 aliphatic heterocycles. The molecule has 1 amide bonds. The molecule has 1 atom stereocenters. The molecule has 24 heavy (non-hydrogen) atoms. The third-order valence-corrected chi connectivity index (χ3v) is 6.47. The molecule has 0 saturated carbocycles. The highest BCUT2D eigenvalue weighted by molar-refractivity contribution is 8.14. The zero-order valence-electron chi connectivity index (χ0n) is 12.8. The number of nitrogens with zero attached hydrogens (tertiary/aromatic N) is 3.